The predicted molar refractivity (Wildman–Crippen MR) is 110 cm³/mol. The first-order valence-corrected chi connectivity index (χ1v) is 8.22. The largest absolute Gasteiger partial charge is 0.354 e. The molecule has 1 atom stereocenters. The smallest absolute Gasteiger partial charge is 0.237 e. The Bertz CT molecular complexity index is 886. The highest BCUT2D eigenvalue weighted by Crippen LogP contribution is 2.16. The van der Waals surface area contributed by atoms with Crippen LogP contribution in [0.1, 0.15) is 11.4 Å². The number of nitrogens with two attached hydrogens (primary N) is 1. The molecule has 0 spiro atoms. The minimum atomic E-state index is -0.586. The van der Waals surface area contributed by atoms with Crippen LogP contribution in [0.4, 0.5) is 4.39 Å². The molecule has 0 saturated heterocycles. The van der Waals surface area contributed by atoms with Gasteiger partial charge in [-0.3, -0.25) is 4.79 Å². The topological polar surface area (TPSA) is 72.9 Å². The molecule has 2 aromatic carbocycles. The summed E-state index contributed by atoms with van der Waals surface area (Å²) < 4.78 is 15.2. The van der Waals surface area contributed by atoms with Gasteiger partial charge in [-0.2, -0.15) is 0 Å². The third kappa shape index (κ3) is 5.66. The van der Waals surface area contributed by atoms with Crippen molar-refractivity contribution in [3.63, 3.8) is 0 Å². The van der Waals surface area contributed by atoms with Crippen LogP contribution >= 0.6 is 24.8 Å². The summed E-state index contributed by atoms with van der Waals surface area (Å²) in [5, 5.41) is 2.84. The van der Waals surface area contributed by atoms with Crippen molar-refractivity contribution in [1.29, 1.82) is 0 Å². The van der Waals surface area contributed by atoms with Crippen LogP contribution in [-0.2, 0) is 24.7 Å². The lowest BCUT2D eigenvalue weighted by atomic mass is 10.1. The van der Waals surface area contributed by atoms with Crippen molar-refractivity contribution >= 4 is 41.8 Å². The number of carbonyl (C=O) groups is 1. The Balaban J connectivity index is 0.00000182. The van der Waals surface area contributed by atoms with Crippen molar-refractivity contribution in [2.75, 3.05) is 6.54 Å². The Morgan fingerprint density at radius 1 is 1.22 bits per heavy atom. The molecule has 1 unspecified atom stereocenters. The number of hydrogen-bond donors (Lipinski definition) is 2. The van der Waals surface area contributed by atoms with E-state index in [4.69, 9.17) is 5.73 Å². The molecule has 0 radical (unpaired) electrons. The molecular formula is C19H23Cl2FN4O. The summed E-state index contributed by atoms with van der Waals surface area (Å²) >= 11 is 0. The first kappa shape index (κ1) is 22.9. The van der Waals surface area contributed by atoms with Gasteiger partial charge < -0.3 is 15.6 Å². The van der Waals surface area contributed by atoms with Crippen LogP contribution in [0.5, 0.6) is 0 Å². The molecule has 1 aromatic heterocycles. The van der Waals surface area contributed by atoms with Gasteiger partial charge in [0.15, 0.2) is 0 Å². The Morgan fingerprint density at radius 2 is 1.93 bits per heavy atom. The van der Waals surface area contributed by atoms with Gasteiger partial charge in [-0.25, -0.2) is 9.37 Å². The highest BCUT2D eigenvalue weighted by atomic mass is 35.5. The molecule has 3 aromatic rings. The molecule has 0 aliphatic rings. The van der Waals surface area contributed by atoms with Crippen LogP contribution in [0, 0.1) is 5.82 Å². The third-order valence-corrected chi connectivity index (χ3v) is 4.22. The number of rotatable bonds is 6. The van der Waals surface area contributed by atoms with E-state index in [2.05, 4.69) is 10.3 Å². The van der Waals surface area contributed by atoms with Gasteiger partial charge in [0.2, 0.25) is 5.91 Å². The van der Waals surface area contributed by atoms with Gasteiger partial charge in [-0.15, -0.1) is 24.8 Å². The number of fused-ring (bicyclic) bond motifs is 1. The molecule has 0 bridgehead atoms. The van der Waals surface area contributed by atoms with E-state index in [1.54, 1.807) is 6.07 Å². The number of carbonyl (C=O) groups excluding carboxylic acids is 1. The zero-order chi connectivity index (χ0) is 17.8. The number of hydrogen-bond acceptors (Lipinski definition) is 3. The molecule has 5 nitrogen and oxygen atoms in total. The maximum atomic E-state index is 13.3. The number of benzene rings is 2. The standard InChI is InChI=1S/C19H21FN4O.2ClH/c1-24-17-12-14(20)7-8-16(17)23-18(24)9-10-22-19(25)15(21)11-13-5-3-2-4-6-13;;/h2-8,12,15H,9-11,21H2,1H3,(H,22,25);2*1H. The van der Waals surface area contributed by atoms with E-state index >= 15 is 0 Å². The molecular weight excluding hydrogens is 390 g/mol. The van der Waals surface area contributed by atoms with Gasteiger partial charge in [-0.05, 0) is 30.2 Å². The van der Waals surface area contributed by atoms with Crippen molar-refractivity contribution in [2.45, 2.75) is 18.9 Å². The van der Waals surface area contributed by atoms with E-state index in [1.807, 2.05) is 41.9 Å². The first-order chi connectivity index (χ1) is 12.0. The van der Waals surface area contributed by atoms with Gasteiger partial charge in [0.25, 0.3) is 0 Å². The lowest BCUT2D eigenvalue weighted by Crippen LogP contribution is -2.42. The fraction of sp³-hybridized carbons (Fsp3) is 0.263. The lowest BCUT2D eigenvalue weighted by Gasteiger charge is -2.12. The summed E-state index contributed by atoms with van der Waals surface area (Å²) in [4.78, 5) is 16.6. The monoisotopic (exact) mass is 412 g/mol. The van der Waals surface area contributed by atoms with Crippen molar-refractivity contribution in [2.24, 2.45) is 12.8 Å². The highest BCUT2D eigenvalue weighted by molar-refractivity contribution is 5.85. The molecule has 3 rings (SSSR count). The molecule has 8 heteroatoms. The van der Waals surface area contributed by atoms with Crippen molar-refractivity contribution in [3.8, 4) is 0 Å². The molecule has 1 amide bonds. The number of amides is 1. The van der Waals surface area contributed by atoms with Gasteiger partial charge in [0, 0.05) is 20.0 Å². The summed E-state index contributed by atoms with van der Waals surface area (Å²) in [5.74, 6) is 0.313. The van der Waals surface area contributed by atoms with Crippen LogP contribution in [0.3, 0.4) is 0 Å². The summed E-state index contributed by atoms with van der Waals surface area (Å²) in [6.45, 7) is 0.432. The summed E-state index contributed by atoms with van der Waals surface area (Å²) in [5.41, 5.74) is 8.47. The van der Waals surface area contributed by atoms with Crippen LogP contribution < -0.4 is 11.1 Å². The average Bonchev–Trinajstić information content (AvgIpc) is 2.91. The fourth-order valence-electron chi connectivity index (χ4n) is 2.83. The summed E-state index contributed by atoms with van der Waals surface area (Å²) in [6.07, 6.45) is 1.05. The van der Waals surface area contributed by atoms with E-state index in [0.29, 0.717) is 19.4 Å². The number of nitrogens with zero attached hydrogens (tertiary/aromatic N) is 2. The second-order valence-corrected chi connectivity index (χ2v) is 6.06. The molecule has 0 fully saturated rings. The number of aryl methyl sites for hydroxylation is 1. The normalized spacial score (nSPS) is 11.4. The van der Waals surface area contributed by atoms with Crippen molar-refractivity contribution in [3.05, 3.63) is 65.7 Å². The van der Waals surface area contributed by atoms with E-state index in [9.17, 15) is 9.18 Å². The number of aromatic nitrogens is 2. The van der Waals surface area contributed by atoms with Crippen molar-refractivity contribution in [1.82, 2.24) is 14.9 Å². The SMILES string of the molecule is Cl.Cl.Cn1c(CCNC(=O)C(N)Cc2ccccc2)nc2ccc(F)cc21. The lowest BCUT2D eigenvalue weighted by molar-refractivity contribution is -0.122. The number of imidazole rings is 1. The summed E-state index contributed by atoms with van der Waals surface area (Å²) in [6, 6.07) is 13.6. The quantitative estimate of drug-likeness (QED) is 0.653. The van der Waals surface area contributed by atoms with E-state index in [-0.39, 0.29) is 36.5 Å². The van der Waals surface area contributed by atoms with Crippen LogP contribution in [0.2, 0.25) is 0 Å². The van der Waals surface area contributed by atoms with Crippen LogP contribution in [0.25, 0.3) is 11.0 Å². The van der Waals surface area contributed by atoms with Gasteiger partial charge in [0.1, 0.15) is 11.6 Å². The Morgan fingerprint density at radius 3 is 2.63 bits per heavy atom. The molecule has 146 valence electrons. The zero-order valence-electron chi connectivity index (χ0n) is 14.9. The highest BCUT2D eigenvalue weighted by Gasteiger charge is 2.14. The molecule has 1 heterocycles. The van der Waals surface area contributed by atoms with E-state index < -0.39 is 6.04 Å². The van der Waals surface area contributed by atoms with Crippen LogP contribution in [0.15, 0.2) is 48.5 Å². The number of halogens is 3. The zero-order valence-corrected chi connectivity index (χ0v) is 16.5. The minimum absolute atomic E-state index is 0. The maximum Gasteiger partial charge on any atom is 0.237 e. The average molecular weight is 413 g/mol. The molecule has 3 N–H and O–H groups in total. The van der Waals surface area contributed by atoms with Gasteiger partial charge >= 0.3 is 0 Å². The predicted octanol–water partition coefficient (Wildman–Crippen LogP) is 2.78. The molecule has 27 heavy (non-hydrogen) atoms. The van der Waals surface area contributed by atoms with Crippen LogP contribution in [-0.4, -0.2) is 28.0 Å². The van der Waals surface area contributed by atoms with Crippen molar-refractivity contribution < 1.29 is 9.18 Å². The second kappa shape index (κ2) is 10.3. The Labute approximate surface area is 170 Å². The fourth-order valence-corrected chi connectivity index (χ4v) is 2.83. The minimum Gasteiger partial charge on any atom is -0.354 e. The maximum absolute atomic E-state index is 13.3. The van der Waals surface area contributed by atoms with E-state index in [1.165, 1.54) is 12.1 Å². The molecule has 0 aliphatic heterocycles. The first-order valence-electron chi connectivity index (χ1n) is 8.22. The molecule has 0 saturated carbocycles. The molecule has 0 aliphatic carbocycles. The number of nitrogens with one attached hydrogen (secondary N) is 1. The Hall–Kier alpha value is -2.15. The van der Waals surface area contributed by atoms with Gasteiger partial charge in [-0.1, -0.05) is 30.3 Å². The van der Waals surface area contributed by atoms with Gasteiger partial charge in [0.05, 0.1) is 17.1 Å². The Kier molecular flexibility index (Phi) is 8.69. The second-order valence-electron chi connectivity index (χ2n) is 6.06. The third-order valence-electron chi connectivity index (χ3n) is 4.22. The van der Waals surface area contributed by atoms with E-state index in [0.717, 1.165) is 22.4 Å². The summed E-state index contributed by atoms with van der Waals surface area (Å²) in [7, 11) is 1.84.